The number of rotatable bonds is 4. The molecule has 0 radical (unpaired) electrons. The number of benzene rings is 6. The fraction of sp³-hybridized carbons (Fsp3) is 0. The average Bonchev–Trinajstić information content (AvgIpc) is 3.44. The van der Waals surface area contributed by atoms with Crippen molar-refractivity contribution in [2.24, 2.45) is 0 Å². The van der Waals surface area contributed by atoms with Gasteiger partial charge in [-0.2, -0.15) is 0 Å². The molecule has 2 heterocycles. The van der Waals surface area contributed by atoms with E-state index in [0.717, 1.165) is 49.8 Å². The van der Waals surface area contributed by atoms with Crippen molar-refractivity contribution in [1.29, 1.82) is 0 Å². The molecule has 0 fully saturated rings. The lowest BCUT2D eigenvalue weighted by atomic mass is 9.93. The second-order valence-corrected chi connectivity index (χ2v) is 10.1. The molecule has 0 N–H and O–H groups in total. The number of hydrogen-bond acceptors (Lipinski definition) is 4. The maximum absolute atomic E-state index is 6.23. The van der Waals surface area contributed by atoms with E-state index in [-0.39, 0.29) is 0 Å². The third-order valence-corrected chi connectivity index (χ3v) is 7.51. The van der Waals surface area contributed by atoms with Gasteiger partial charge in [0.05, 0.1) is 0 Å². The van der Waals surface area contributed by atoms with Crippen LogP contribution < -0.4 is 0 Å². The number of nitrogens with zero attached hydrogens (tertiary/aromatic N) is 3. The summed E-state index contributed by atoms with van der Waals surface area (Å²) in [6, 6.07) is 47.5. The third-order valence-electron chi connectivity index (χ3n) is 7.51. The molecule has 0 bridgehead atoms. The van der Waals surface area contributed by atoms with E-state index in [1.54, 1.807) is 0 Å². The minimum atomic E-state index is 0.638. The Hall–Kier alpha value is -5.61. The van der Waals surface area contributed by atoms with Gasteiger partial charge in [0, 0.05) is 32.8 Å². The smallest absolute Gasteiger partial charge is 0.164 e. The summed E-state index contributed by atoms with van der Waals surface area (Å²) >= 11 is 0. The van der Waals surface area contributed by atoms with Crippen LogP contribution in [0.2, 0.25) is 0 Å². The number of hydrogen-bond donors (Lipinski definition) is 0. The topological polar surface area (TPSA) is 51.8 Å². The van der Waals surface area contributed by atoms with Gasteiger partial charge in [-0.05, 0) is 34.7 Å². The lowest BCUT2D eigenvalue weighted by molar-refractivity contribution is 0.669. The van der Waals surface area contributed by atoms with Gasteiger partial charge >= 0.3 is 0 Å². The van der Waals surface area contributed by atoms with Crippen LogP contribution in [0.5, 0.6) is 0 Å². The van der Waals surface area contributed by atoms with Gasteiger partial charge in [-0.15, -0.1) is 0 Å². The molecular weight excluding hydrogens is 502 g/mol. The maximum Gasteiger partial charge on any atom is 0.164 e. The molecule has 41 heavy (non-hydrogen) atoms. The van der Waals surface area contributed by atoms with E-state index in [4.69, 9.17) is 19.4 Å². The van der Waals surface area contributed by atoms with Crippen LogP contribution in [0, 0.1) is 0 Å². The summed E-state index contributed by atoms with van der Waals surface area (Å²) in [6.45, 7) is 0. The molecule has 4 nitrogen and oxygen atoms in total. The molecule has 8 rings (SSSR count). The van der Waals surface area contributed by atoms with Gasteiger partial charge in [0.15, 0.2) is 17.5 Å². The van der Waals surface area contributed by atoms with Crippen LogP contribution in [0.3, 0.4) is 0 Å². The van der Waals surface area contributed by atoms with Crippen molar-refractivity contribution in [3.8, 4) is 45.3 Å². The minimum Gasteiger partial charge on any atom is -0.456 e. The molecule has 0 saturated carbocycles. The quantitative estimate of drug-likeness (QED) is 0.230. The SMILES string of the molecule is c1ccc(-c2nc(-c3ccccc3)nc(-c3cccc(-c4cccc5ccc6oc7ccccc7c6c45)c3)n2)cc1. The maximum atomic E-state index is 6.23. The Balaban J connectivity index is 1.34. The van der Waals surface area contributed by atoms with Gasteiger partial charge in [0.2, 0.25) is 0 Å². The summed E-state index contributed by atoms with van der Waals surface area (Å²) in [6.07, 6.45) is 0. The van der Waals surface area contributed by atoms with Gasteiger partial charge in [-0.1, -0.05) is 121 Å². The molecule has 8 aromatic rings. The largest absolute Gasteiger partial charge is 0.456 e. The summed E-state index contributed by atoms with van der Waals surface area (Å²) < 4.78 is 6.23. The van der Waals surface area contributed by atoms with E-state index in [2.05, 4.69) is 66.7 Å². The lowest BCUT2D eigenvalue weighted by Gasteiger charge is -2.11. The first-order valence-electron chi connectivity index (χ1n) is 13.6. The zero-order chi connectivity index (χ0) is 27.2. The predicted molar refractivity (Wildman–Crippen MR) is 166 cm³/mol. The highest BCUT2D eigenvalue weighted by molar-refractivity contribution is 6.22. The van der Waals surface area contributed by atoms with Crippen molar-refractivity contribution in [3.05, 3.63) is 140 Å². The van der Waals surface area contributed by atoms with Crippen molar-refractivity contribution >= 4 is 32.7 Å². The van der Waals surface area contributed by atoms with E-state index in [1.165, 1.54) is 10.8 Å². The Morgan fingerprint density at radius 2 is 0.976 bits per heavy atom. The fourth-order valence-corrected chi connectivity index (χ4v) is 5.60. The van der Waals surface area contributed by atoms with Gasteiger partial charge in [-0.25, -0.2) is 15.0 Å². The van der Waals surface area contributed by atoms with Crippen molar-refractivity contribution < 1.29 is 4.42 Å². The van der Waals surface area contributed by atoms with Crippen LogP contribution in [-0.2, 0) is 0 Å². The summed E-state index contributed by atoms with van der Waals surface area (Å²) in [7, 11) is 0. The van der Waals surface area contributed by atoms with Gasteiger partial charge in [0.1, 0.15) is 11.2 Å². The summed E-state index contributed by atoms with van der Waals surface area (Å²) in [5.41, 5.74) is 6.85. The van der Waals surface area contributed by atoms with Crippen LogP contribution in [-0.4, -0.2) is 15.0 Å². The Morgan fingerprint density at radius 3 is 1.71 bits per heavy atom. The first-order chi connectivity index (χ1) is 20.3. The Bertz CT molecular complexity index is 2140. The lowest BCUT2D eigenvalue weighted by Crippen LogP contribution is -2.00. The third kappa shape index (κ3) is 4.05. The van der Waals surface area contributed by atoms with Gasteiger partial charge in [0.25, 0.3) is 0 Å². The van der Waals surface area contributed by atoms with Crippen molar-refractivity contribution in [1.82, 2.24) is 15.0 Å². The molecule has 0 aliphatic heterocycles. The number of aromatic nitrogens is 3. The minimum absolute atomic E-state index is 0.638. The van der Waals surface area contributed by atoms with Crippen LogP contribution in [0.4, 0.5) is 0 Å². The zero-order valence-corrected chi connectivity index (χ0v) is 22.0. The molecule has 0 amide bonds. The van der Waals surface area contributed by atoms with E-state index in [9.17, 15) is 0 Å². The molecule has 0 saturated heterocycles. The van der Waals surface area contributed by atoms with Crippen LogP contribution in [0.25, 0.3) is 78.0 Å². The fourth-order valence-electron chi connectivity index (χ4n) is 5.60. The normalized spacial score (nSPS) is 11.4. The van der Waals surface area contributed by atoms with Crippen molar-refractivity contribution in [2.75, 3.05) is 0 Å². The highest BCUT2D eigenvalue weighted by Crippen LogP contribution is 2.40. The van der Waals surface area contributed by atoms with E-state index in [1.807, 2.05) is 72.8 Å². The first kappa shape index (κ1) is 23.3. The highest BCUT2D eigenvalue weighted by atomic mass is 16.3. The predicted octanol–water partition coefficient (Wildman–Crippen LogP) is 9.59. The monoisotopic (exact) mass is 525 g/mol. The molecule has 0 atom stereocenters. The Labute approximate surface area is 236 Å². The summed E-state index contributed by atoms with van der Waals surface area (Å²) in [5, 5.41) is 4.61. The standard InChI is InChI=1S/C37H23N3O/c1-3-11-25(12-4-1)35-38-36(26-13-5-2-6-14-26)40-37(39-35)28-17-9-16-27(23-28)29-19-10-15-24-21-22-32-34(33(24)29)30-18-7-8-20-31(30)41-32/h1-23H. The Kier molecular flexibility index (Phi) is 5.42. The van der Waals surface area contributed by atoms with Gasteiger partial charge < -0.3 is 4.42 Å². The molecule has 0 aliphatic rings. The summed E-state index contributed by atoms with van der Waals surface area (Å²) in [5.74, 6) is 1.94. The molecule has 0 unspecified atom stereocenters. The molecule has 0 aliphatic carbocycles. The Morgan fingerprint density at radius 1 is 0.390 bits per heavy atom. The molecule has 192 valence electrons. The number of para-hydroxylation sites is 1. The highest BCUT2D eigenvalue weighted by Gasteiger charge is 2.16. The summed E-state index contributed by atoms with van der Waals surface area (Å²) in [4.78, 5) is 14.7. The molecule has 4 heteroatoms. The molecular formula is C37H23N3O. The van der Waals surface area contributed by atoms with E-state index < -0.39 is 0 Å². The van der Waals surface area contributed by atoms with Crippen LogP contribution in [0.15, 0.2) is 144 Å². The zero-order valence-electron chi connectivity index (χ0n) is 22.0. The molecule has 0 spiro atoms. The van der Waals surface area contributed by atoms with E-state index >= 15 is 0 Å². The van der Waals surface area contributed by atoms with E-state index in [0.29, 0.717) is 17.5 Å². The van der Waals surface area contributed by atoms with Crippen molar-refractivity contribution in [2.45, 2.75) is 0 Å². The number of fused-ring (bicyclic) bond motifs is 5. The van der Waals surface area contributed by atoms with Gasteiger partial charge in [-0.3, -0.25) is 0 Å². The van der Waals surface area contributed by atoms with Crippen LogP contribution >= 0.6 is 0 Å². The van der Waals surface area contributed by atoms with Crippen molar-refractivity contribution in [3.63, 3.8) is 0 Å². The average molecular weight is 526 g/mol. The first-order valence-corrected chi connectivity index (χ1v) is 13.6. The number of furan rings is 1. The van der Waals surface area contributed by atoms with Crippen LogP contribution in [0.1, 0.15) is 0 Å². The second kappa shape index (κ2) is 9.54. The molecule has 6 aromatic carbocycles. The molecule has 2 aromatic heterocycles. The second-order valence-electron chi connectivity index (χ2n) is 10.1.